The molecule has 1 atom stereocenters. The number of hydrogen-bond acceptors (Lipinski definition) is 3. The van der Waals surface area contributed by atoms with Crippen molar-refractivity contribution in [2.24, 2.45) is 5.41 Å². The standard InChI is InChI=1S/C14H15NO2/c15-9-13(14(16)5-6-17-10-14)7-11-3-1-2-4-12(11)8-13/h1-4,16H,5-8,10H2. The predicted molar refractivity (Wildman–Crippen MR) is 62.3 cm³/mol. The zero-order valence-electron chi connectivity index (χ0n) is 9.65. The van der Waals surface area contributed by atoms with Crippen LogP contribution in [0, 0.1) is 16.7 Å². The Balaban J connectivity index is 2.01. The second-order valence-corrected chi connectivity index (χ2v) is 5.15. The van der Waals surface area contributed by atoms with E-state index < -0.39 is 11.0 Å². The smallest absolute Gasteiger partial charge is 0.109 e. The highest BCUT2D eigenvalue weighted by molar-refractivity contribution is 5.39. The molecule has 0 amide bonds. The van der Waals surface area contributed by atoms with Crippen LogP contribution in [0.1, 0.15) is 17.5 Å². The van der Waals surface area contributed by atoms with Gasteiger partial charge in [0.05, 0.1) is 18.1 Å². The number of benzene rings is 1. The first kappa shape index (κ1) is 10.8. The van der Waals surface area contributed by atoms with Crippen LogP contribution < -0.4 is 0 Å². The number of aliphatic hydroxyl groups is 1. The molecular formula is C14H15NO2. The number of hydrogen-bond donors (Lipinski definition) is 1. The van der Waals surface area contributed by atoms with Crippen molar-refractivity contribution >= 4 is 0 Å². The molecule has 0 bridgehead atoms. The highest BCUT2D eigenvalue weighted by Gasteiger charge is 2.55. The Labute approximate surface area is 101 Å². The Morgan fingerprint density at radius 1 is 1.24 bits per heavy atom. The minimum atomic E-state index is -0.985. The van der Waals surface area contributed by atoms with E-state index in [1.165, 1.54) is 11.1 Å². The lowest BCUT2D eigenvalue weighted by atomic mass is 9.70. The summed E-state index contributed by atoms with van der Waals surface area (Å²) in [5.41, 5.74) is 0.692. The van der Waals surface area contributed by atoms with Crippen LogP contribution in [-0.2, 0) is 17.6 Å². The molecule has 3 rings (SSSR count). The lowest BCUT2D eigenvalue weighted by molar-refractivity contribution is -0.0547. The SMILES string of the molecule is N#CC1(C2(O)CCOC2)Cc2ccccc2C1. The average molecular weight is 229 g/mol. The highest BCUT2D eigenvalue weighted by Crippen LogP contribution is 2.47. The van der Waals surface area contributed by atoms with Gasteiger partial charge in [0, 0.05) is 13.0 Å². The first-order valence-electron chi connectivity index (χ1n) is 5.97. The van der Waals surface area contributed by atoms with Crippen molar-refractivity contribution in [3.8, 4) is 6.07 Å². The van der Waals surface area contributed by atoms with Crippen LogP contribution in [0.2, 0.25) is 0 Å². The van der Waals surface area contributed by atoms with Gasteiger partial charge in [-0.1, -0.05) is 24.3 Å². The highest BCUT2D eigenvalue weighted by atomic mass is 16.5. The Morgan fingerprint density at radius 2 is 1.88 bits per heavy atom. The van der Waals surface area contributed by atoms with Crippen LogP contribution >= 0.6 is 0 Å². The third-order valence-electron chi connectivity index (χ3n) is 4.21. The molecule has 1 N–H and O–H groups in total. The molecule has 1 aliphatic carbocycles. The van der Waals surface area contributed by atoms with Gasteiger partial charge in [-0.15, -0.1) is 0 Å². The summed E-state index contributed by atoms with van der Waals surface area (Å²) in [6.07, 6.45) is 1.84. The van der Waals surface area contributed by atoms with Crippen LogP contribution in [0.5, 0.6) is 0 Å². The molecule has 1 saturated heterocycles. The van der Waals surface area contributed by atoms with Gasteiger partial charge in [0.1, 0.15) is 5.60 Å². The van der Waals surface area contributed by atoms with Crippen molar-refractivity contribution in [1.29, 1.82) is 5.26 Å². The summed E-state index contributed by atoms with van der Waals surface area (Å²) < 4.78 is 5.30. The second-order valence-electron chi connectivity index (χ2n) is 5.15. The topological polar surface area (TPSA) is 53.2 Å². The molecule has 0 saturated carbocycles. The summed E-state index contributed by atoms with van der Waals surface area (Å²) >= 11 is 0. The molecule has 2 aliphatic rings. The van der Waals surface area contributed by atoms with Gasteiger partial charge in [-0.3, -0.25) is 0 Å². The van der Waals surface area contributed by atoms with Crippen molar-refractivity contribution in [1.82, 2.24) is 0 Å². The van der Waals surface area contributed by atoms with E-state index >= 15 is 0 Å². The van der Waals surface area contributed by atoms with Gasteiger partial charge in [0.15, 0.2) is 0 Å². The monoisotopic (exact) mass is 229 g/mol. The summed E-state index contributed by atoms with van der Waals surface area (Å²) in [5, 5.41) is 20.2. The Morgan fingerprint density at radius 3 is 2.35 bits per heavy atom. The third-order valence-corrected chi connectivity index (χ3v) is 4.21. The Kier molecular flexibility index (Phi) is 2.25. The molecule has 1 fully saturated rings. The summed E-state index contributed by atoms with van der Waals surface area (Å²) in [6.45, 7) is 0.838. The second kappa shape index (κ2) is 3.56. The van der Waals surface area contributed by atoms with Gasteiger partial charge in [-0.2, -0.15) is 5.26 Å². The summed E-state index contributed by atoms with van der Waals surface area (Å²) in [6, 6.07) is 10.5. The molecule has 0 radical (unpaired) electrons. The van der Waals surface area contributed by atoms with E-state index in [0.29, 0.717) is 25.9 Å². The molecule has 1 aromatic rings. The maximum atomic E-state index is 10.7. The molecule has 1 aliphatic heterocycles. The molecule has 1 unspecified atom stereocenters. The van der Waals surface area contributed by atoms with E-state index in [0.717, 1.165) is 0 Å². The largest absolute Gasteiger partial charge is 0.386 e. The summed E-state index contributed by atoms with van der Waals surface area (Å²) in [7, 11) is 0. The summed E-state index contributed by atoms with van der Waals surface area (Å²) in [4.78, 5) is 0. The quantitative estimate of drug-likeness (QED) is 0.793. The van der Waals surface area contributed by atoms with Gasteiger partial charge in [0.2, 0.25) is 0 Å². The molecule has 3 heteroatoms. The first-order chi connectivity index (χ1) is 8.19. The van der Waals surface area contributed by atoms with E-state index in [-0.39, 0.29) is 6.61 Å². The number of ether oxygens (including phenoxy) is 1. The van der Waals surface area contributed by atoms with E-state index in [4.69, 9.17) is 4.74 Å². The van der Waals surface area contributed by atoms with Crippen LogP contribution in [-0.4, -0.2) is 23.9 Å². The lowest BCUT2D eigenvalue weighted by Gasteiger charge is -2.35. The van der Waals surface area contributed by atoms with E-state index in [1.807, 2.05) is 24.3 Å². The molecule has 17 heavy (non-hydrogen) atoms. The van der Waals surface area contributed by atoms with Crippen molar-refractivity contribution in [3.05, 3.63) is 35.4 Å². The number of nitriles is 1. The zero-order valence-corrected chi connectivity index (χ0v) is 9.65. The fraction of sp³-hybridized carbons (Fsp3) is 0.500. The van der Waals surface area contributed by atoms with E-state index in [9.17, 15) is 10.4 Å². The summed E-state index contributed by atoms with van der Waals surface area (Å²) in [5.74, 6) is 0. The fourth-order valence-corrected chi connectivity index (χ4v) is 3.06. The molecular weight excluding hydrogens is 214 g/mol. The number of rotatable bonds is 1. The van der Waals surface area contributed by atoms with Crippen LogP contribution in [0.3, 0.4) is 0 Å². The molecule has 0 spiro atoms. The van der Waals surface area contributed by atoms with Crippen molar-refractivity contribution in [2.75, 3.05) is 13.2 Å². The fourth-order valence-electron chi connectivity index (χ4n) is 3.06. The molecule has 88 valence electrons. The maximum absolute atomic E-state index is 10.7. The van der Waals surface area contributed by atoms with Gasteiger partial charge in [0.25, 0.3) is 0 Å². The number of fused-ring (bicyclic) bond motifs is 1. The first-order valence-corrected chi connectivity index (χ1v) is 5.97. The maximum Gasteiger partial charge on any atom is 0.109 e. The lowest BCUT2D eigenvalue weighted by Crippen LogP contribution is -2.49. The minimum Gasteiger partial charge on any atom is -0.386 e. The van der Waals surface area contributed by atoms with Gasteiger partial charge >= 0.3 is 0 Å². The number of nitrogens with zero attached hydrogens (tertiary/aromatic N) is 1. The van der Waals surface area contributed by atoms with Crippen LogP contribution in [0.25, 0.3) is 0 Å². The average Bonchev–Trinajstić information content (AvgIpc) is 2.94. The van der Waals surface area contributed by atoms with Crippen molar-refractivity contribution in [2.45, 2.75) is 24.9 Å². The third kappa shape index (κ3) is 1.41. The van der Waals surface area contributed by atoms with Gasteiger partial charge < -0.3 is 9.84 Å². The van der Waals surface area contributed by atoms with Crippen molar-refractivity contribution < 1.29 is 9.84 Å². The van der Waals surface area contributed by atoms with Crippen LogP contribution in [0.4, 0.5) is 0 Å². The van der Waals surface area contributed by atoms with Crippen LogP contribution in [0.15, 0.2) is 24.3 Å². The van der Waals surface area contributed by atoms with Crippen molar-refractivity contribution in [3.63, 3.8) is 0 Å². The molecule has 3 nitrogen and oxygen atoms in total. The Bertz CT molecular complexity index is 458. The molecule has 1 aromatic carbocycles. The zero-order chi connectivity index (χ0) is 11.9. The van der Waals surface area contributed by atoms with Gasteiger partial charge in [-0.05, 0) is 24.0 Å². The van der Waals surface area contributed by atoms with Gasteiger partial charge in [-0.25, -0.2) is 0 Å². The van der Waals surface area contributed by atoms with E-state index in [1.54, 1.807) is 0 Å². The normalized spacial score (nSPS) is 29.9. The van der Waals surface area contributed by atoms with E-state index in [2.05, 4.69) is 6.07 Å². The predicted octanol–water partition coefficient (Wildman–Crippen LogP) is 1.45. The molecule has 0 aromatic heterocycles. The molecule has 1 heterocycles. The Hall–Kier alpha value is -1.37. The minimum absolute atomic E-state index is 0.286.